The Morgan fingerprint density at radius 3 is 2.52 bits per heavy atom. The first-order valence-corrected chi connectivity index (χ1v) is 6.77. The van der Waals surface area contributed by atoms with Gasteiger partial charge in [-0.05, 0) is 42.0 Å². The first-order chi connectivity index (χ1) is 10.3. The van der Waals surface area contributed by atoms with Gasteiger partial charge in [-0.2, -0.15) is 0 Å². The minimum atomic E-state index is 0.380. The molecule has 4 nitrogen and oxygen atoms in total. The van der Waals surface area contributed by atoms with E-state index in [2.05, 4.69) is 0 Å². The number of fused-ring (bicyclic) bond motifs is 1. The summed E-state index contributed by atoms with van der Waals surface area (Å²) in [4.78, 5) is 0. The Labute approximate surface area is 123 Å². The van der Waals surface area contributed by atoms with Crippen molar-refractivity contribution in [2.75, 3.05) is 7.11 Å². The lowest BCUT2D eigenvalue weighted by Gasteiger charge is -2.05. The maximum absolute atomic E-state index is 5.77. The van der Waals surface area contributed by atoms with Gasteiger partial charge < -0.3 is 19.6 Å². The number of benzene rings is 2. The van der Waals surface area contributed by atoms with Gasteiger partial charge in [-0.25, -0.2) is 0 Å². The maximum Gasteiger partial charge on any atom is 0.146 e. The normalized spacial score (nSPS) is 10.8. The quantitative estimate of drug-likeness (QED) is 0.779. The van der Waals surface area contributed by atoms with E-state index in [1.807, 2.05) is 48.5 Å². The van der Waals surface area contributed by atoms with Gasteiger partial charge in [-0.3, -0.25) is 0 Å². The van der Waals surface area contributed by atoms with Crippen LogP contribution in [-0.2, 0) is 13.2 Å². The number of methoxy groups -OCH3 is 1. The average Bonchev–Trinajstić information content (AvgIpc) is 2.96. The molecule has 0 spiro atoms. The van der Waals surface area contributed by atoms with Gasteiger partial charge in [0.1, 0.15) is 29.4 Å². The molecule has 2 N–H and O–H groups in total. The molecule has 3 rings (SSSR count). The molecular weight excluding hydrogens is 266 g/mol. The predicted molar refractivity (Wildman–Crippen MR) is 81.4 cm³/mol. The Kier molecular flexibility index (Phi) is 3.79. The highest BCUT2D eigenvalue weighted by Gasteiger charge is 2.07. The summed E-state index contributed by atoms with van der Waals surface area (Å²) in [6.07, 6.45) is 0. The molecule has 3 aromatic rings. The van der Waals surface area contributed by atoms with Crippen molar-refractivity contribution < 1.29 is 13.9 Å². The van der Waals surface area contributed by atoms with Crippen LogP contribution in [0.2, 0.25) is 0 Å². The van der Waals surface area contributed by atoms with Gasteiger partial charge in [0.2, 0.25) is 0 Å². The van der Waals surface area contributed by atoms with Crippen LogP contribution in [0.25, 0.3) is 11.0 Å². The van der Waals surface area contributed by atoms with E-state index in [4.69, 9.17) is 19.6 Å². The Morgan fingerprint density at radius 1 is 1.05 bits per heavy atom. The van der Waals surface area contributed by atoms with Crippen molar-refractivity contribution in [3.63, 3.8) is 0 Å². The second-order valence-electron chi connectivity index (χ2n) is 4.71. The molecule has 0 aliphatic carbocycles. The van der Waals surface area contributed by atoms with Crippen molar-refractivity contribution in [3.8, 4) is 11.5 Å². The molecule has 21 heavy (non-hydrogen) atoms. The summed E-state index contributed by atoms with van der Waals surface area (Å²) < 4.78 is 16.6. The molecule has 0 saturated carbocycles. The molecule has 108 valence electrons. The molecule has 1 aromatic heterocycles. The third-order valence-electron chi connectivity index (χ3n) is 3.36. The summed E-state index contributed by atoms with van der Waals surface area (Å²) in [5, 5.41) is 1.05. The summed E-state index contributed by atoms with van der Waals surface area (Å²) in [6.45, 7) is 0.876. The molecule has 0 fully saturated rings. The standard InChI is InChI=1S/C17H17NO3/c1-19-13-5-7-14(8-6-13)20-11-15-9-16-12(10-18)3-2-4-17(16)21-15/h2-9H,10-11,18H2,1H3. The lowest BCUT2D eigenvalue weighted by Crippen LogP contribution is -1.95. The third-order valence-corrected chi connectivity index (χ3v) is 3.36. The molecule has 0 radical (unpaired) electrons. The molecule has 0 bridgehead atoms. The van der Waals surface area contributed by atoms with Crippen LogP contribution in [0.1, 0.15) is 11.3 Å². The fraction of sp³-hybridized carbons (Fsp3) is 0.176. The summed E-state index contributed by atoms with van der Waals surface area (Å²) in [5.41, 5.74) is 7.65. The highest BCUT2D eigenvalue weighted by Crippen LogP contribution is 2.24. The predicted octanol–water partition coefficient (Wildman–Crippen LogP) is 3.48. The molecular formula is C17H17NO3. The monoisotopic (exact) mass is 283 g/mol. The van der Waals surface area contributed by atoms with E-state index in [0.29, 0.717) is 13.2 Å². The summed E-state index contributed by atoms with van der Waals surface area (Å²) in [5.74, 6) is 2.36. The molecule has 0 atom stereocenters. The van der Waals surface area contributed by atoms with E-state index in [-0.39, 0.29) is 0 Å². The van der Waals surface area contributed by atoms with Crippen LogP contribution in [0, 0.1) is 0 Å². The fourth-order valence-electron chi connectivity index (χ4n) is 2.25. The Morgan fingerprint density at radius 2 is 1.81 bits per heavy atom. The second-order valence-corrected chi connectivity index (χ2v) is 4.71. The zero-order chi connectivity index (χ0) is 14.7. The van der Waals surface area contributed by atoms with Crippen molar-refractivity contribution in [2.45, 2.75) is 13.2 Å². The topological polar surface area (TPSA) is 57.6 Å². The lowest BCUT2D eigenvalue weighted by atomic mass is 10.1. The van der Waals surface area contributed by atoms with E-state index >= 15 is 0 Å². The van der Waals surface area contributed by atoms with Gasteiger partial charge >= 0.3 is 0 Å². The minimum Gasteiger partial charge on any atom is -0.497 e. The van der Waals surface area contributed by atoms with Gasteiger partial charge in [0.25, 0.3) is 0 Å². The zero-order valence-corrected chi connectivity index (χ0v) is 11.8. The molecule has 4 heteroatoms. The number of nitrogens with two attached hydrogens (primary N) is 1. The van der Waals surface area contributed by atoms with Gasteiger partial charge in [0.05, 0.1) is 7.11 Å². The minimum absolute atomic E-state index is 0.380. The van der Waals surface area contributed by atoms with Crippen LogP contribution in [0.4, 0.5) is 0 Å². The van der Waals surface area contributed by atoms with Crippen molar-refractivity contribution in [3.05, 3.63) is 59.9 Å². The molecule has 0 unspecified atom stereocenters. The van der Waals surface area contributed by atoms with Crippen molar-refractivity contribution >= 4 is 11.0 Å². The van der Waals surface area contributed by atoms with Crippen LogP contribution in [0.5, 0.6) is 11.5 Å². The van der Waals surface area contributed by atoms with Gasteiger partial charge in [-0.15, -0.1) is 0 Å². The lowest BCUT2D eigenvalue weighted by molar-refractivity contribution is 0.274. The number of hydrogen-bond donors (Lipinski definition) is 1. The second kappa shape index (κ2) is 5.89. The third kappa shape index (κ3) is 2.85. The Balaban J connectivity index is 1.75. The SMILES string of the molecule is COc1ccc(OCc2cc3c(CN)cccc3o2)cc1. The van der Waals surface area contributed by atoms with Gasteiger partial charge in [0, 0.05) is 11.9 Å². The number of furan rings is 1. The average molecular weight is 283 g/mol. The Hall–Kier alpha value is -2.46. The molecule has 1 heterocycles. The van der Waals surface area contributed by atoms with Crippen LogP contribution < -0.4 is 15.2 Å². The van der Waals surface area contributed by atoms with E-state index in [9.17, 15) is 0 Å². The smallest absolute Gasteiger partial charge is 0.146 e. The zero-order valence-electron chi connectivity index (χ0n) is 11.8. The van der Waals surface area contributed by atoms with Gasteiger partial charge in [-0.1, -0.05) is 12.1 Å². The molecule has 0 saturated heterocycles. The number of ether oxygens (including phenoxy) is 2. The van der Waals surface area contributed by atoms with Crippen LogP contribution >= 0.6 is 0 Å². The van der Waals surface area contributed by atoms with Crippen LogP contribution in [0.3, 0.4) is 0 Å². The highest BCUT2D eigenvalue weighted by atomic mass is 16.5. The largest absolute Gasteiger partial charge is 0.497 e. The van der Waals surface area contributed by atoms with E-state index < -0.39 is 0 Å². The van der Waals surface area contributed by atoms with E-state index in [0.717, 1.165) is 33.8 Å². The van der Waals surface area contributed by atoms with Crippen molar-refractivity contribution in [1.29, 1.82) is 0 Å². The number of hydrogen-bond acceptors (Lipinski definition) is 4. The van der Waals surface area contributed by atoms with Gasteiger partial charge in [0.15, 0.2) is 0 Å². The molecule has 2 aromatic carbocycles. The summed E-state index contributed by atoms with van der Waals surface area (Å²) >= 11 is 0. The Bertz CT molecular complexity index is 731. The molecule has 0 amide bonds. The van der Waals surface area contributed by atoms with E-state index in [1.165, 1.54) is 0 Å². The molecule has 0 aliphatic rings. The van der Waals surface area contributed by atoms with E-state index in [1.54, 1.807) is 7.11 Å². The summed E-state index contributed by atoms with van der Waals surface area (Å²) in [6, 6.07) is 15.3. The highest BCUT2D eigenvalue weighted by molar-refractivity contribution is 5.81. The van der Waals surface area contributed by atoms with Crippen LogP contribution in [0.15, 0.2) is 52.9 Å². The number of rotatable bonds is 5. The summed E-state index contributed by atoms with van der Waals surface area (Å²) in [7, 11) is 1.64. The first kappa shape index (κ1) is 13.5. The maximum atomic E-state index is 5.77. The first-order valence-electron chi connectivity index (χ1n) is 6.77. The van der Waals surface area contributed by atoms with Crippen molar-refractivity contribution in [1.82, 2.24) is 0 Å². The van der Waals surface area contributed by atoms with Crippen LogP contribution in [-0.4, -0.2) is 7.11 Å². The molecule has 0 aliphatic heterocycles. The fourth-order valence-corrected chi connectivity index (χ4v) is 2.25. The van der Waals surface area contributed by atoms with Crippen molar-refractivity contribution in [2.24, 2.45) is 5.73 Å².